The van der Waals surface area contributed by atoms with E-state index in [0.717, 1.165) is 25.9 Å². The number of phenols is 1. The quantitative estimate of drug-likeness (QED) is 0.943. The zero-order valence-corrected chi connectivity index (χ0v) is 12.6. The molecule has 3 heteroatoms. The Hall–Kier alpha value is -2.29. The van der Waals surface area contributed by atoms with Crippen LogP contribution in [0.1, 0.15) is 29.9 Å². The van der Waals surface area contributed by atoms with E-state index in [-0.39, 0.29) is 18.1 Å². The van der Waals surface area contributed by atoms with Gasteiger partial charge < -0.3 is 10.0 Å². The van der Waals surface area contributed by atoms with Gasteiger partial charge >= 0.3 is 0 Å². The predicted molar refractivity (Wildman–Crippen MR) is 86.8 cm³/mol. The second kappa shape index (κ2) is 6.65. The van der Waals surface area contributed by atoms with Gasteiger partial charge in [-0.05, 0) is 24.5 Å². The Kier molecular flexibility index (Phi) is 4.42. The summed E-state index contributed by atoms with van der Waals surface area (Å²) in [6.07, 6.45) is 2.44. The van der Waals surface area contributed by atoms with Gasteiger partial charge in [0.15, 0.2) is 0 Å². The minimum Gasteiger partial charge on any atom is -0.508 e. The molecule has 3 rings (SSSR count). The van der Waals surface area contributed by atoms with Crippen LogP contribution in [0.25, 0.3) is 0 Å². The molecule has 3 nitrogen and oxygen atoms in total. The van der Waals surface area contributed by atoms with Crippen molar-refractivity contribution in [2.75, 3.05) is 13.1 Å². The normalized spacial score (nSPS) is 18.2. The Labute approximate surface area is 131 Å². The maximum atomic E-state index is 12.5. The SMILES string of the molecule is O=C(Cc1ccccc1O)N1CCCC(c2ccccc2)C1. The number of amides is 1. The molecule has 0 aromatic heterocycles. The number of hydrogen-bond donors (Lipinski definition) is 1. The summed E-state index contributed by atoms with van der Waals surface area (Å²) in [6.45, 7) is 1.59. The van der Waals surface area contributed by atoms with Crippen LogP contribution in [0.4, 0.5) is 0 Å². The average molecular weight is 295 g/mol. The molecule has 22 heavy (non-hydrogen) atoms. The maximum Gasteiger partial charge on any atom is 0.227 e. The van der Waals surface area contributed by atoms with Crippen LogP contribution in [-0.2, 0) is 11.2 Å². The number of para-hydroxylation sites is 1. The maximum absolute atomic E-state index is 12.5. The molecule has 1 saturated heterocycles. The fraction of sp³-hybridized carbons (Fsp3) is 0.316. The fourth-order valence-corrected chi connectivity index (χ4v) is 3.14. The largest absolute Gasteiger partial charge is 0.508 e. The molecule has 1 heterocycles. The van der Waals surface area contributed by atoms with Crippen molar-refractivity contribution < 1.29 is 9.90 Å². The van der Waals surface area contributed by atoms with E-state index in [9.17, 15) is 9.90 Å². The van der Waals surface area contributed by atoms with Crippen molar-refractivity contribution in [3.8, 4) is 5.75 Å². The van der Waals surface area contributed by atoms with Crippen molar-refractivity contribution in [3.63, 3.8) is 0 Å². The van der Waals surface area contributed by atoms with Crippen LogP contribution in [0.15, 0.2) is 54.6 Å². The molecular formula is C19H21NO2. The molecular weight excluding hydrogens is 274 g/mol. The molecule has 0 bridgehead atoms. The van der Waals surface area contributed by atoms with Crippen molar-refractivity contribution in [1.29, 1.82) is 0 Å². The Balaban J connectivity index is 1.67. The third-order valence-electron chi connectivity index (χ3n) is 4.38. The van der Waals surface area contributed by atoms with E-state index >= 15 is 0 Å². The fourth-order valence-electron chi connectivity index (χ4n) is 3.14. The van der Waals surface area contributed by atoms with Crippen LogP contribution < -0.4 is 0 Å². The number of carbonyl (C=O) groups excluding carboxylic acids is 1. The van der Waals surface area contributed by atoms with Crippen LogP contribution in [0.3, 0.4) is 0 Å². The number of aromatic hydroxyl groups is 1. The van der Waals surface area contributed by atoms with Crippen molar-refractivity contribution in [3.05, 3.63) is 65.7 Å². The highest BCUT2D eigenvalue weighted by Crippen LogP contribution is 2.27. The molecule has 1 fully saturated rings. The average Bonchev–Trinajstić information content (AvgIpc) is 2.58. The number of carbonyl (C=O) groups is 1. The summed E-state index contributed by atoms with van der Waals surface area (Å²) in [5.41, 5.74) is 2.01. The Bertz CT molecular complexity index is 639. The van der Waals surface area contributed by atoms with Gasteiger partial charge in [0.25, 0.3) is 0 Å². The summed E-state index contributed by atoms with van der Waals surface area (Å²) >= 11 is 0. The summed E-state index contributed by atoms with van der Waals surface area (Å²) in [7, 11) is 0. The van der Waals surface area contributed by atoms with Gasteiger partial charge in [-0.1, -0.05) is 48.5 Å². The molecule has 114 valence electrons. The summed E-state index contributed by atoms with van der Waals surface area (Å²) < 4.78 is 0. The van der Waals surface area contributed by atoms with Crippen molar-refractivity contribution >= 4 is 5.91 Å². The number of phenolic OH excluding ortho intramolecular Hbond substituents is 1. The van der Waals surface area contributed by atoms with Gasteiger partial charge in [0, 0.05) is 24.6 Å². The van der Waals surface area contributed by atoms with E-state index in [4.69, 9.17) is 0 Å². The lowest BCUT2D eigenvalue weighted by atomic mass is 9.90. The topological polar surface area (TPSA) is 40.5 Å². The van der Waals surface area contributed by atoms with Gasteiger partial charge in [0.2, 0.25) is 5.91 Å². The van der Waals surface area contributed by atoms with Gasteiger partial charge in [-0.15, -0.1) is 0 Å². The first-order valence-electron chi connectivity index (χ1n) is 7.83. The number of rotatable bonds is 3. The summed E-state index contributed by atoms with van der Waals surface area (Å²) in [5.74, 6) is 0.720. The molecule has 1 aliphatic rings. The van der Waals surface area contributed by atoms with Gasteiger partial charge in [0.05, 0.1) is 6.42 Å². The summed E-state index contributed by atoms with van der Waals surface area (Å²) in [6, 6.07) is 17.5. The molecule has 1 N–H and O–H groups in total. The molecule has 2 aromatic rings. The second-order valence-electron chi connectivity index (χ2n) is 5.90. The Morgan fingerprint density at radius 1 is 1.09 bits per heavy atom. The highest BCUT2D eigenvalue weighted by atomic mass is 16.3. The van der Waals surface area contributed by atoms with E-state index in [1.165, 1.54) is 5.56 Å². The third-order valence-corrected chi connectivity index (χ3v) is 4.38. The minimum absolute atomic E-state index is 0.0992. The van der Waals surface area contributed by atoms with Crippen LogP contribution in [0.5, 0.6) is 5.75 Å². The standard InChI is InChI=1S/C19H21NO2/c21-18-11-5-4-9-16(18)13-19(22)20-12-6-10-17(14-20)15-7-2-1-3-8-15/h1-5,7-9,11,17,21H,6,10,12-14H2. The summed E-state index contributed by atoms with van der Waals surface area (Å²) in [4.78, 5) is 14.4. The van der Waals surface area contributed by atoms with Crippen LogP contribution in [0, 0.1) is 0 Å². The van der Waals surface area contributed by atoms with Gasteiger partial charge in [-0.25, -0.2) is 0 Å². The number of nitrogens with zero attached hydrogens (tertiary/aromatic N) is 1. The van der Waals surface area contributed by atoms with E-state index in [0.29, 0.717) is 11.5 Å². The molecule has 0 spiro atoms. The van der Waals surface area contributed by atoms with E-state index in [1.807, 2.05) is 23.1 Å². The van der Waals surface area contributed by atoms with Gasteiger partial charge in [-0.2, -0.15) is 0 Å². The smallest absolute Gasteiger partial charge is 0.227 e. The highest BCUT2D eigenvalue weighted by Gasteiger charge is 2.24. The number of piperidine rings is 1. The van der Waals surface area contributed by atoms with Crippen LogP contribution >= 0.6 is 0 Å². The number of benzene rings is 2. The third kappa shape index (κ3) is 3.30. The van der Waals surface area contributed by atoms with Crippen molar-refractivity contribution in [2.45, 2.75) is 25.2 Å². The predicted octanol–water partition coefficient (Wildman–Crippen LogP) is 3.34. The minimum atomic E-state index is 0.0992. The molecule has 1 amide bonds. The highest BCUT2D eigenvalue weighted by molar-refractivity contribution is 5.79. The molecule has 2 aromatic carbocycles. The first kappa shape index (κ1) is 14.6. The second-order valence-corrected chi connectivity index (χ2v) is 5.90. The van der Waals surface area contributed by atoms with Crippen LogP contribution in [0.2, 0.25) is 0 Å². The van der Waals surface area contributed by atoms with E-state index in [1.54, 1.807) is 12.1 Å². The van der Waals surface area contributed by atoms with Gasteiger partial charge in [0.1, 0.15) is 5.75 Å². The van der Waals surface area contributed by atoms with Crippen LogP contribution in [-0.4, -0.2) is 29.0 Å². The lowest BCUT2D eigenvalue weighted by molar-refractivity contribution is -0.131. The van der Waals surface area contributed by atoms with Crippen molar-refractivity contribution in [2.24, 2.45) is 0 Å². The lowest BCUT2D eigenvalue weighted by Gasteiger charge is -2.33. The molecule has 0 aliphatic carbocycles. The Morgan fingerprint density at radius 3 is 2.59 bits per heavy atom. The number of hydrogen-bond acceptors (Lipinski definition) is 2. The van der Waals surface area contributed by atoms with Gasteiger partial charge in [-0.3, -0.25) is 4.79 Å². The molecule has 0 saturated carbocycles. The van der Waals surface area contributed by atoms with E-state index < -0.39 is 0 Å². The van der Waals surface area contributed by atoms with Crippen molar-refractivity contribution in [1.82, 2.24) is 4.90 Å². The lowest BCUT2D eigenvalue weighted by Crippen LogP contribution is -2.39. The molecule has 0 radical (unpaired) electrons. The van der Waals surface area contributed by atoms with E-state index in [2.05, 4.69) is 24.3 Å². The first-order valence-corrected chi connectivity index (χ1v) is 7.83. The monoisotopic (exact) mass is 295 g/mol. The Morgan fingerprint density at radius 2 is 1.82 bits per heavy atom. The zero-order chi connectivity index (χ0) is 15.4. The summed E-state index contributed by atoms with van der Waals surface area (Å²) in [5, 5.41) is 9.82. The zero-order valence-electron chi connectivity index (χ0n) is 12.6. The number of likely N-dealkylation sites (tertiary alicyclic amines) is 1. The first-order chi connectivity index (χ1) is 10.7. The molecule has 1 atom stereocenters. The molecule has 1 aliphatic heterocycles. The molecule has 1 unspecified atom stereocenters.